The van der Waals surface area contributed by atoms with Crippen LogP contribution in [0.3, 0.4) is 0 Å². The van der Waals surface area contributed by atoms with E-state index in [4.69, 9.17) is 11.6 Å². The molecule has 0 bridgehead atoms. The van der Waals surface area contributed by atoms with Crippen LogP contribution < -0.4 is 4.72 Å². The smallest absolute Gasteiger partial charge is 0.198 e. The standard InChI is InChI=1S/C9H21ClN2O2S/c1-7(2)9(6-10)11-15(13,14)12(5)8(3)4/h7-9,11H,6H2,1-5H3. The molecule has 4 nitrogen and oxygen atoms in total. The molecule has 0 aromatic heterocycles. The van der Waals surface area contributed by atoms with Gasteiger partial charge in [-0.15, -0.1) is 11.6 Å². The van der Waals surface area contributed by atoms with Crippen LogP contribution in [0.25, 0.3) is 0 Å². The van der Waals surface area contributed by atoms with Gasteiger partial charge < -0.3 is 0 Å². The highest BCUT2D eigenvalue weighted by Gasteiger charge is 2.25. The summed E-state index contributed by atoms with van der Waals surface area (Å²) in [6, 6.07) is -0.288. The summed E-state index contributed by atoms with van der Waals surface area (Å²) in [5.74, 6) is 0.459. The molecule has 0 radical (unpaired) electrons. The Labute approximate surface area is 98.2 Å². The molecule has 0 heterocycles. The molecular weight excluding hydrogens is 236 g/mol. The predicted molar refractivity (Wildman–Crippen MR) is 64.3 cm³/mol. The Kier molecular flexibility index (Phi) is 6.10. The van der Waals surface area contributed by atoms with Crippen molar-refractivity contribution < 1.29 is 8.42 Å². The molecule has 0 saturated carbocycles. The number of alkyl halides is 1. The van der Waals surface area contributed by atoms with Crippen LogP contribution in [0.1, 0.15) is 27.7 Å². The van der Waals surface area contributed by atoms with Crippen molar-refractivity contribution in [3.05, 3.63) is 0 Å². The van der Waals surface area contributed by atoms with E-state index in [0.29, 0.717) is 0 Å². The molecule has 6 heteroatoms. The molecule has 1 N–H and O–H groups in total. The van der Waals surface area contributed by atoms with E-state index < -0.39 is 10.2 Å². The first-order chi connectivity index (χ1) is 6.72. The first-order valence-corrected chi connectivity index (χ1v) is 7.01. The molecule has 0 aromatic rings. The van der Waals surface area contributed by atoms with Gasteiger partial charge in [0.25, 0.3) is 10.2 Å². The van der Waals surface area contributed by atoms with Gasteiger partial charge in [-0.1, -0.05) is 13.8 Å². The van der Waals surface area contributed by atoms with Gasteiger partial charge in [0.2, 0.25) is 0 Å². The normalized spacial score (nSPS) is 15.3. The molecular formula is C9H21ClN2O2S. The molecule has 0 rings (SSSR count). The van der Waals surface area contributed by atoms with Crippen LogP contribution in [0.2, 0.25) is 0 Å². The van der Waals surface area contributed by atoms with E-state index in [2.05, 4.69) is 4.72 Å². The fourth-order valence-electron chi connectivity index (χ4n) is 0.898. The van der Waals surface area contributed by atoms with E-state index in [1.54, 1.807) is 7.05 Å². The lowest BCUT2D eigenvalue weighted by molar-refractivity contribution is 0.386. The van der Waals surface area contributed by atoms with Crippen molar-refractivity contribution in [3.63, 3.8) is 0 Å². The van der Waals surface area contributed by atoms with Crippen molar-refractivity contribution in [2.75, 3.05) is 12.9 Å². The van der Waals surface area contributed by atoms with Gasteiger partial charge in [-0.3, -0.25) is 0 Å². The number of hydrogen-bond donors (Lipinski definition) is 1. The largest absolute Gasteiger partial charge is 0.279 e. The average Bonchev–Trinajstić information content (AvgIpc) is 2.12. The summed E-state index contributed by atoms with van der Waals surface area (Å²) in [6.07, 6.45) is 0. The van der Waals surface area contributed by atoms with Gasteiger partial charge in [0.05, 0.1) is 0 Å². The molecule has 0 saturated heterocycles. The van der Waals surface area contributed by atoms with Crippen molar-refractivity contribution >= 4 is 21.8 Å². The third-order valence-corrected chi connectivity index (χ3v) is 4.49. The first kappa shape index (κ1) is 15.2. The average molecular weight is 257 g/mol. The van der Waals surface area contributed by atoms with Gasteiger partial charge in [0.1, 0.15) is 0 Å². The number of nitrogens with one attached hydrogen (secondary N) is 1. The highest BCUT2D eigenvalue weighted by atomic mass is 35.5. The second kappa shape index (κ2) is 6.03. The van der Waals surface area contributed by atoms with Gasteiger partial charge in [-0.2, -0.15) is 17.4 Å². The van der Waals surface area contributed by atoms with Gasteiger partial charge in [-0.25, -0.2) is 0 Å². The van der Waals surface area contributed by atoms with Crippen LogP contribution in [0, 0.1) is 5.92 Å². The minimum Gasteiger partial charge on any atom is -0.198 e. The summed E-state index contributed by atoms with van der Waals surface area (Å²) in [7, 11) is -1.86. The van der Waals surface area contributed by atoms with E-state index in [1.807, 2.05) is 27.7 Å². The zero-order valence-corrected chi connectivity index (χ0v) is 11.6. The van der Waals surface area contributed by atoms with Crippen molar-refractivity contribution in [2.45, 2.75) is 39.8 Å². The van der Waals surface area contributed by atoms with Crippen LogP contribution in [0.5, 0.6) is 0 Å². The lowest BCUT2D eigenvalue weighted by Crippen LogP contribution is -2.48. The quantitative estimate of drug-likeness (QED) is 0.731. The van der Waals surface area contributed by atoms with Gasteiger partial charge in [0, 0.05) is 25.0 Å². The SMILES string of the molecule is CC(C)C(CCl)NS(=O)(=O)N(C)C(C)C. The van der Waals surface area contributed by atoms with Crippen LogP contribution in [-0.4, -0.2) is 37.7 Å². The molecule has 0 aliphatic rings. The molecule has 0 aliphatic carbocycles. The Bertz CT molecular complexity index is 278. The Morgan fingerprint density at radius 2 is 1.73 bits per heavy atom. The molecule has 92 valence electrons. The van der Waals surface area contributed by atoms with Crippen LogP contribution >= 0.6 is 11.6 Å². The fraction of sp³-hybridized carbons (Fsp3) is 1.00. The predicted octanol–water partition coefficient (Wildman–Crippen LogP) is 1.42. The summed E-state index contributed by atoms with van der Waals surface area (Å²) in [5.41, 5.74) is 0. The summed E-state index contributed by atoms with van der Waals surface area (Å²) >= 11 is 5.71. The summed E-state index contributed by atoms with van der Waals surface area (Å²) < 4.78 is 27.5. The lowest BCUT2D eigenvalue weighted by Gasteiger charge is -2.26. The zero-order valence-electron chi connectivity index (χ0n) is 9.99. The molecule has 0 aliphatic heterocycles. The van der Waals surface area contributed by atoms with E-state index in [1.165, 1.54) is 4.31 Å². The van der Waals surface area contributed by atoms with E-state index in [0.717, 1.165) is 0 Å². The third-order valence-electron chi connectivity index (χ3n) is 2.38. The van der Waals surface area contributed by atoms with Crippen LogP contribution in [-0.2, 0) is 10.2 Å². The van der Waals surface area contributed by atoms with Crippen LogP contribution in [0.15, 0.2) is 0 Å². The molecule has 1 unspecified atom stereocenters. The Balaban J connectivity index is 4.63. The fourth-order valence-corrected chi connectivity index (χ4v) is 2.88. The lowest BCUT2D eigenvalue weighted by atomic mass is 10.1. The van der Waals surface area contributed by atoms with Gasteiger partial charge >= 0.3 is 0 Å². The number of hydrogen-bond acceptors (Lipinski definition) is 2. The monoisotopic (exact) mass is 256 g/mol. The van der Waals surface area contributed by atoms with Crippen LogP contribution in [0.4, 0.5) is 0 Å². The summed E-state index contributed by atoms with van der Waals surface area (Å²) in [5, 5.41) is 0. The Morgan fingerprint density at radius 3 is 2.00 bits per heavy atom. The maximum Gasteiger partial charge on any atom is 0.279 e. The highest BCUT2D eigenvalue weighted by molar-refractivity contribution is 7.87. The maximum absolute atomic E-state index is 11.8. The van der Waals surface area contributed by atoms with Crippen molar-refractivity contribution in [1.82, 2.24) is 9.03 Å². The van der Waals surface area contributed by atoms with E-state index >= 15 is 0 Å². The molecule has 0 amide bonds. The second-order valence-electron chi connectivity index (χ2n) is 4.24. The second-order valence-corrected chi connectivity index (χ2v) is 6.31. The van der Waals surface area contributed by atoms with E-state index in [9.17, 15) is 8.42 Å². The Hall–Kier alpha value is 0.160. The summed E-state index contributed by atoms with van der Waals surface area (Å²) in [6.45, 7) is 7.52. The van der Waals surface area contributed by atoms with Crippen molar-refractivity contribution in [3.8, 4) is 0 Å². The highest BCUT2D eigenvalue weighted by Crippen LogP contribution is 2.08. The summed E-state index contributed by atoms with van der Waals surface area (Å²) in [4.78, 5) is 0. The molecule has 15 heavy (non-hydrogen) atoms. The van der Waals surface area contributed by atoms with Crippen molar-refractivity contribution in [1.29, 1.82) is 0 Å². The molecule has 0 aromatic carbocycles. The number of rotatable bonds is 6. The van der Waals surface area contributed by atoms with E-state index in [-0.39, 0.29) is 23.9 Å². The maximum atomic E-state index is 11.8. The third kappa shape index (κ3) is 4.68. The molecule has 1 atom stereocenters. The number of halogens is 1. The molecule has 0 fully saturated rings. The Morgan fingerprint density at radius 1 is 1.27 bits per heavy atom. The molecule has 0 spiro atoms. The minimum absolute atomic E-state index is 0.0642. The minimum atomic E-state index is -3.42. The first-order valence-electron chi connectivity index (χ1n) is 5.03. The van der Waals surface area contributed by atoms with Gasteiger partial charge in [-0.05, 0) is 19.8 Å². The topological polar surface area (TPSA) is 49.4 Å². The van der Waals surface area contributed by atoms with Crippen molar-refractivity contribution in [2.24, 2.45) is 5.92 Å². The number of nitrogens with zero attached hydrogens (tertiary/aromatic N) is 1. The zero-order chi connectivity index (χ0) is 12.2. The van der Waals surface area contributed by atoms with Gasteiger partial charge in [0.15, 0.2) is 0 Å².